The van der Waals surface area contributed by atoms with Gasteiger partial charge < -0.3 is 14.0 Å². The summed E-state index contributed by atoms with van der Waals surface area (Å²) in [5.41, 5.74) is 3.10. The van der Waals surface area contributed by atoms with Crippen LogP contribution < -0.4 is 4.74 Å². The number of benzene rings is 1. The van der Waals surface area contributed by atoms with E-state index in [1.54, 1.807) is 18.9 Å². The van der Waals surface area contributed by atoms with Gasteiger partial charge in [0.1, 0.15) is 18.1 Å². The van der Waals surface area contributed by atoms with Crippen LogP contribution in [0.1, 0.15) is 0 Å². The monoisotopic (exact) mass is 478 g/mol. The predicted molar refractivity (Wildman–Crippen MR) is 125 cm³/mol. The minimum Gasteiger partial charge on any atom is -0.496 e. The lowest BCUT2D eigenvalue weighted by Gasteiger charge is -2.15. The van der Waals surface area contributed by atoms with E-state index in [0.717, 1.165) is 45.0 Å². The van der Waals surface area contributed by atoms with Crippen molar-refractivity contribution in [3.8, 4) is 16.9 Å². The topological polar surface area (TPSA) is 36.3 Å². The van der Waals surface area contributed by atoms with E-state index in [9.17, 15) is 0 Å². The number of fused-ring (bicyclic) bond motifs is 1. The van der Waals surface area contributed by atoms with Gasteiger partial charge in [-0.15, -0.1) is 11.8 Å². The van der Waals surface area contributed by atoms with Crippen LogP contribution in [0.2, 0.25) is 25.7 Å². The van der Waals surface area contributed by atoms with Crippen molar-refractivity contribution in [2.24, 2.45) is 0 Å². The van der Waals surface area contributed by atoms with Crippen LogP contribution >= 0.6 is 27.7 Å². The average molecular weight is 480 g/mol. The molecule has 0 saturated carbocycles. The fourth-order valence-corrected chi connectivity index (χ4v) is 5.31. The molecule has 2 heterocycles. The highest BCUT2D eigenvalue weighted by atomic mass is 79.9. The number of ether oxygens (including phenoxy) is 2. The maximum absolute atomic E-state index is 6.02. The zero-order valence-corrected chi connectivity index (χ0v) is 20.5. The molecule has 0 aliphatic carbocycles. The van der Waals surface area contributed by atoms with Gasteiger partial charge in [-0.1, -0.05) is 37.8 Å². The second-order valence-electron chi connectivity index (χ2n) is 7.90. The first-order valence-corrected chi connectivity index (χ1v) is 15.0. The summed E-state index contributed by atoms with van der Waals surface area (Å²) in [6, 6.07) is 9.27. The number of aromatic nitrogens is 2. The molecule has 0 spiro atoms. The summed E-state index contributed by atoms with van der Waals surface area (Å²) >= 11 is 5.38. The summed E-state index contributed by atoms with van der Waals surface area (Å²) in [6.07, 6.45) is 6.10. The van der Waals surface area contributed by atoms with Crippen molar-refractivity contribution in [2.45, 2.75) is 37.3 Å². The lowest BCUT2D eigenvalue weighted by Crippen LogP contribution is -2.22. The van der Waals surface area contributed by atoms with Gasteiger partial charge in [0, 0.05) is 48.5 Å². The SMILES string of the molecule is COc1ccccc1-c1cn(COCC[Si](C)(C)C)c2ncc(Br)c(SC)c12. The molecule has 2 aromatic heterocycles. The summed E-state index contributed by atoms with van der Waals surface area (Å²) < 4.78 is 14.7. The van der Waals surface area contributed by atoms with Gasteiger partial charge in [0.15, 0.2) is 0 Å². The van der Waals surface area contributed by atoms with Crippen molar-refractivity contribution in [2.75, 3.05) is 20.0 Å². The molecule has 0 aliphatic heterocycles. The van der Waals surface area contributed by atoms with Crippen LogP contribution in [-0.4, -0.2) is 37.6 Å². The molecule has 0 N–H and O–H groups in total. The van der Waals surface area contributed by atoms with Gasteiger partial charge >= 0.3 is 0 Å². The molecule has 4 nitrogen and oxygen atoms in total. The molecule has 0 atom stereocenters. The molecule has 0 aliphatic rings. The van der Waals surface area contributed by atoms with Gasteiger partial charge in [-0.25, -0.2) is 4.98 Å². The number of methoxy groups -OCH3 is 1. The van der Waals surface area contributed by atoms with E-state index in [1.165, 1.54) is 4.90 Å². The Morgan fingerprint density at radius 2 is 1.93 bits per heavy atom. The Balaban J connectivity index is 2.06. The van der Waals surface area contributed by atoms with Gasteiger partial charge in [0.2, 0.25) is 0 Å². The van der Waals surface area contributed by atoms with Gasteiger partial charge in [0.05, 0.1) is 11.6 Å². The first kappa shape index (κ1) is 21.4. The normalized spacial score (nSPS) is 11.9. The molecule has 0 amide bonds. The van der Waals surface area contributed by atoms with Gasteiger partial charge in [-0.3, -0.25) is 0 Å². The smallest absolute Gasteiger partial charge is 0.143 e. The van der Waals surface area contributed by atoms with Crippen molar-refractivity contribution in [1.29, 1.82) is 0 Å². The molecule has 3 aromatic rings. The molecule has 0 bridgehead atoms. The van der Waals surface area contributed by atoms with Crippen LogP contribution in [0.5, 0.6) is 5.75 Å². The fourth-order valence-electron chi connectivity index (χ4n) is 3.11. The number of rotatable bonds is 8. The van der Waals surface area contributed by atoms with Crippen molar-refractivity contribution >= 4 is 46.8 Å². The number of nitrogens with zero attached hydrogens (tertiary/aromatic N) is 2. The Hall–Kier alpha value is -1.28. The third-order valence-corrected chi connectivity index (χ3v) is 8.02. The maximum Gasteiger partial charge on any atom is 0.143 e. The Kier molecular flexibility index (Phi) is 6.91. The van der Waals surface area contributed by atoms with Crippen molar-refractivity contribution in [3.63, 3.8) is 0 Å². The Morgan fingerprint density at radius 3 is 2.61 bits per heavy atom. The number of para-hydroxylation sites is 1. The fraction of sp³-hybridized carbons (Fsp3) is 0.381. The van der Waals surface area contributed by atoms with Crippen LogP contribution in [0, 0.1) is 0 Å². The van der Waals surface area contributed by atoms with Gasteiger partial charge in [0.25, 0.3) is 0 Å². The highest BCUT2D eigenvalue weighted by Gasteiger charge is 2.20. The molecule has 3 rings (SSSR count). The largest absolute Gasteiger partial charge is 0.496 e. The second kappa shape index (κ2) is 9.03. The van der Waals surface area contributed by atoms with Crippen LogP contribution in [0.4, 0.5) is 0 Å². The number of hydrogen-bond acceptors (Lipinski definition) is 4. The summed E-state index contributed by atoms with van der Waals surface area (Å²) in [5.74, 6) is 0.855. The van der Waals surface area contributed by atoms with Crippen LogP contribution in [-0.2, 0) is 11.5 Å². The van der Waals surface area contributed by atoms with E-state index in [0.29, 0.717) is 6.73 Å². The number of thioether (sulfide) groups is 1. The molecular formula is C21H27BrN2O2SSi. The lowest BCUT2D eigenvalue weighted by atomic mass is 10.0. The third kappa shape index (κ3) is 4.64. The highest BCUT2D eigenvalue weighted by molar-refractivity contribution is 9.10. The summed E-state index contributed by atoms with van der Waals surface area (Å²) in [4.78, 5) is 5.88. The Bertz CT molecular complexity index is 969. The molecule has 150 valence electrons. The van der Waals surface area contributed by atoms with E-state index >= 15 is 0 Å². The summed E-state index contributed by atoms with van der Waals surface area (Å²) in [7, 11) is 0.602. The zero-order valence-electron chi connectivity index (χ0n) is 17.1. The molecule has 0 fully saturated rings. The van der Waals surface area contributed by atoms with Crippen LogP contribution in [0.15, 0.2) is 46.0 Å². The molecule has 0 radical (unpaired) electrons. The van der Waals surface area contributed by atoms with Crippen LogP contribution in [0.3, 0.4) is 0 Å². The Morgan fingerprint density at radius 1 is 1.18 bits per heavy atom. The van der Waals surface area contributed by atoms with E-state index in [1.807, 2.05) is 24.4 Å². The minimum absolute atomic E-state index is 0.499. The van der Waals surface area contributed by atoms with Crippen molar-refractivity contribution < 1.29 is 9.47 Å². The zero-order chi connectivity index (χ0) is 20.3. The van der Waals surface area contributed by atoms with Gasteiger partial charge in [-0.05, 0) is 34.3 Å². The summed E-state index contributed by atoms with van der Waals surface area (Å²) in [6.45, 7) is 8.38. The van der Waals surface area contributed by atoms with E-state index in [4.69, 9.17) is 14.5 Å². The third-order valence-electron chi connectivity index (χ3n) is 4.62. The van der Waals surface area contributed by atoms with E-state index < -0.39 is 8.07 Å². The van der Waals surface area contributed by atoms with Crippen LogP contribution in [0.25, 0.3) is 22.2 Å². The molecule has 28 heavy (non-hydrogen) atoms. The lowest BCUT2D eigenvalue weighted by molar-refractivity contribution is 0.0899. The summed E-state index contributed by atoms with van der Waals surface area (Å²) in [5, 5.41) is 1.13. The number of pyridine rings is 1. The van der Waals surface area contributed by atoms with Gasteiger partial charge in [-0.2, -0.15) is 0 Å². The Labute approximate surface area is 180 Å². The minimum atomic E-state index is -1.11. The molecule has 7 heteroatoms. The number of hydrogen-bond donors (Lipinski definition) is 0. The standard InChI is InChI=1S/C21H27BrN2O2SSi/c1-25-18-9-7-6-8-15(18)16-13-24(14-26-10-11-28(3,4)5)21-19(16)20(27-2)17(22)12-23-21/h6-9,12-13H,10-11,14H2,1-5H3. The highest BCUT2D eigenvalue weighted by Crippen LogP contribution is 2.42. The van der Waals surface area contributed by atoms with Crippen molar-refractivity contribution in [3.05, 3.63) is 41.1 Å². The predicted octanol–water partition coefficient (Wildman–Crippen LogP) is 6.51. The van der Waals surface area contributed by atoms with Crippen molar-refractivity contribution in [1.82, 2.24) is 9.55 Å². The molecular weight excluding hydrogens is 452 g/mol. The first-order valence-electron chi connectivity index (χ1n) is 9.28. The second-order valence-corrected chi connectivity index (χ2v) is 15.2. The first-order chi connectivity index (χ1) is 13.4. The molecule has 0 saturated heterocycles. The average Bonchev–Trinajstić information content (AvgIpc) is 3.03. The quantitative estimate of drug-likeness (QED) is 0.210. The number of halogens is 1. The van der Waals surface area contributed by atoms with E-state index in [2.05, 4.69) is 58.7 Å². The molecule has 0 unspecified atom stereocenters. The maximum atomic E-state index is 6.02. The van der Waals surface area contributed by atoms with E-state index in [-0.39, 0.29) is 0 Å². The molecule has 1 aromatic carbocycles.